The van der Waals surface area contributed by atoms with Gasteiger partial charge in [0.05, 0.1) is 11.9 Å². The molecule has 1 aromatic rings. The van der Waals surface area contributed by atoms with Crippen LogP contribution in [0.25, 0.3) is 0 Å². The lowest BCUT2D eigenvalue weighted by atomic mass is 10.2. The molecule has 1 fully saturated rings. The molecule has 1 atom stereocenters. The molecule has 1 aromatic heterocycles. The third kappa shape index (κ3) is 3.10. The summed E-state index contributed by atoms with van der Waals surface area (Å²) in [6.07, 6.45) is 4.24. The zero-order valence-electron chi connectivity index (χ0n) is 11.2. The minimum absolute atomic E-state index is 0.00218. The smallest absolute Gasteiger partial charge is 0.268 e. The summed E-state index contributed by atoms with van der Waals surface area (Å²) in [4.78, 5) is 14.2. The average Bonchev–Trinajstić information content (AvgIpc) is 2.85. The Kier molecular flexibility index (Phi) is 4.36. The van der Waals surface area contributed by atoms with Gasteiger partial charge in [-0.15, -0.1) is 0 Å². The Hall–Kier alpha value is -1.36. The molecule has 0 saturated carbocycles. The van der Waals surface area contributed by atoms with Gasteiger partial charge in [0.1, 0.15) is 0 Å². The Bertz CT molecular complexity index is 437. The standard InChI is InChI=1S/C13H22N4O/c1-11(8-14-2)10-17-13(18)7-12(9-15-17)16-5-3-4-6-16/h7,9,11,14H,3-6,8,10H2,1-2H3. The number of anilines is 1. The zero-order chi connectivity index (χ0) is 13.0. The van der Waals surface area contributed by atoms with Crippen LogP contribution in [0.5, 0.6) is 0 Å². The number of aromatic nitrogens is 2. The van der Waals surface area contributed by atoms with Gasteiger partial charge in [0.15, 0.2) is 0 Å². The highest BCUT2D eigenvalue weighted by molar-refractivity contribution is 5.43. The fourth-order valence-corrected chi connectivity index (χ4v) is 2.42. The number of rotatable bonds is 5. The number of hydrogen-bond donors (Lipinski definition) is 1. The van der Waals surface area contributed by atoms with E-state index >= 15 is 0 Å². The Morgan fingerprint density at radius 1 is 1.44 bits per heavy atom. The lowest BCUT2D eigenvalue weighted by molar-refractivity contribution is 0.421. The van der Waals surface area contributed by atoms with Crippen LogP contribution in [-0.4, -0.2) is 36.5 Å². The van der Waals surface area contributed by atoms with Crippen LogP contribution in [0.2, 0.25) is 0 Å². The molecular formula is C13H22N4O. The van der Waals surface area contributed by atoms with Crippen molar-refractivity contribution in [1.82, 2.24) is 15.1 Å². The maximum atomic E-state index is 12.0. The molecule has 2 rings (SSSR count). The first-order valence-corrected chi connectivity index (χ1v) is 6.67. The minimum atomic E-state index is 0.00218. The Morgan fingerprint density at radius 3 is 2.78 bits per heavy atom. The average molecular weight is 250 g/mol. The Morgan fingerprint density at radius 2 is 2.17 bits per heavy atom. The van der Waals surface area contributed by atoms with E-state index in [2.05, 4.69) is 22.2 Å². The molecule has 1 N–H and O–H groups in total. The third-order valence-electron chi connectivity index (χ3n) is 3.36. The summed E-state index contributed by atoms with van der Waals surface area (Å²) in [5, 5.41) is 7.39. The highest BCUT2D eigenvalue weighted by atomic mass is 16.1. The summed E-state index contributed by atoms with van der Waals surface area (Å²) in [7, 11) is 1.92. The van der Waals surface area contributed by atoms with Crippen molar-refractivity contribution in [2.75, 3.05) is 31.6 Å². The minimum Gasteiger partial charge on any atom is -0.370 e. The zero-order valence-corrected chi connectivity index (χ0v) is 11.2. The van der Waals surface area contributed by atoms with Crippen molar-refractivity contribution < 1.29 is 0 Å². The quantitative estimate of drug-likeness (QED) is 0.836. The second kappa shape index (κ2) is 6.00. The highest BCUT2D eigenvalue weighted by Crippen LogP contribution is 2.16. The number of nitrogens with one attached hydrogen (secondary N) is 1. The predicted molar refractivity (Wildman–Crippen MR) is 73.0 cm³/mol. The van der Waals surface area contributed by atoms with E-state index in [1.807, 2.05) is 13.2 Å². The largest absolute Gasteiger partial charge is 0.370 e. The van der Waals surface area contributed by atoms with Crippen LogP contribution in [0.4, 0.5) is 5.69 Å². The molecule has 0 bridgehead atoms. The summed E-state index contributed by atoms with van der Waals surface area (Å²) in [5.74, 6) is 0.401. The van der Waals surface area contributed by atoms with E-state index in [9.17, 15) is 4.79 Å². The molecular weight excluding hydrogens is 228 g/mol. The first kappa shape index (κ1) is 13.1. The lowest BCUT2D eigenvalue weighted by Crippen LogP contribution is -2.30. The van der Waals surface area contributed by atoms with E-state index in [1.54, 1.807) is 10.7 Å². The number of nitrogens with zero attached hydrogens (tertiary/aromatic N) is 3. The van der Waals surface area contributed by atoms with E-state index in [0.717, 1.165) is 25.3 Å². The molecule has 1 unspecified atom stereocenters. The first-order valence-electron chi connectivity index (χ1n) is 6.67. The summed E-state index contributed by atoms with van der Waals surface area (Å²) in [6.45, 7) is 5.75. The van der Waals surface area contributed by atoms with Crippen molar-refractivity contribution in [1.29, 1.82) is 0 Å². The first-order chi connectivity index (χ1) is 8.70. The summed E-state index contributed by atoms with van der Waals surface area (Å²) in [5.41, 5.74) is 0.970. The molecule has 1 aliphatic heterocycles. The van der Waals surface area contributed by atoms with Crippen LogP contribution < -0.4 is 15.8 Å². The molecule has 2 heterocycles. The van der Waals surface area contributed by atoms with E-state index in [0.29, 0.717) is 12.5 Å². The molecule has 0 spiro atoms. The van der Waals surface area contributed by atoms with Crippen LogP contribution in [0.15, 0.2) is 17.1 Å². The van der Waals surface area contributed by atoms with Gasteiger partial charge in [-0.3, -0.25) is 4.79 Å². The fraction of sp³-hybridized carbons (Fsp3) is 0.692. The molecule has 1 saturated heterocycles. The van der Waals surface area contributed by atoms with E-state index < -0.39 is 0 Å². The lowest BCUT2D eigenvalue weighted by Gasteiger charge is -2.18. The van der Waals surface area contributed by atoms with Gasteiger partial charge in [-0.05, 0) is 32.4 Å². The van der Waals surface area contributed by atoms with Crippen molar-refractivity contribution >= 4 is 5.69 Å². The molecule has 100 valence electrons. The van der Waals surface area contributed by atoms with Gasteiger partial charge in [-0.1, -0.05) is 6.92 Å². The second-order valence-electron chi connectivity index (χ2n) is 5.09. The molecule has 5 heteroatoms. The van der Waals surface area contributed by atoms with Crippen LogP contribution in [0, 0.1) is 5.92 Å². The Balaban J connectivity index is 2.07. The summed E-state index contributed by atoms with van der Waals surface area (Å²) in [6, 6.07) is 1.71. The maximum absolute atomic E-state index is 12.0. The molecule has 5 nitrogen and oxygen atoms in total. The van der Waals surface area contributed by atoms with E-state index in [1.165, 1.54) is 12.8 Å². The molecule has 18 heavy (non-hydrogen) atoms. The fourth-order valence-electron chi connectivity index (χ4n) is 2.42. The molecule has 0 radical (unpaired) electrons. The second-order valence-corrected chi connectivity index (χ2v) is 5.09. The number of hydrogen-bond acceptors (Lipinski definition) is 4. The van der Waals surface area contributed by atoms with Crippen LogP contribution in [0.3, 0.4) is 0 Å². The third-order valence-corrected chi connectivity index (χ3v) is 3.36. The van der Waals surface area contributed by atoms with E-state index in [4.69, 9.17) is 0 Å². The SMILES string of the molecule is CNCC(C)Cn1ncc(N2CCCC2)cc1=O. The molecule has 0 amide bonds. The van der Waals surface area contributed by atoms with Gasteiger partial charge in [0, 0.05) is 25.7 Å². The van der Waals surface area contributed by atoms with Gasteiger partial charge in [-0.2, -0.15) is 5.10 Å². The van der Waals surface area contributed by atoms with Crippen molar-refractivity contribution in [2.45, 2.75) is 26.3 Å². The maximum Gasteiger partial charge on any atom is 0.268 e. The highest BCUT2D eigenvalue weighted by Gasteiger charge is 2.14. The van der Waals surface area contributed by atoms with Crippen molar-refractivity contribution in [2.24, 2.45) is 5.92 Å². The Labute approximate surface area is 108 Å². The summed E-state index contributed by atoms with van der Waals surface area (Å²) < 4.78 is 1.56. The van der Waals surface area contributed by atoms with Gasteiger partial charge in [0.25, 0.3) is 5.56 Å². The van der Waals surface area contributed by atoms with Crippen LogP contribution >= 0.6 is 0 Å². The van der Waals surface area contributed by atoms with Crippen LogP contribution in [0.1, 0.15) is 19.8 Å². The summed E-state index contributed by atoms with van der Waals surface area (Å²) >= 11 is 0. The monoisotopic (exact) mass is 250 g/mol. The molecule has 1 aliphatic rings. The predicted octanol–water partition coefficient (Wildman–Crippen LogP) is 0.699. The van der Waals surface area contributed by atoms with Crippen LogP contribution in [-0.2, 0) is 6.54 Å². The molecule has 0 aliphatic carbocycles. The van der Waals surface area contributed by atoms with Gasteiger partial charge >= 0.3 is 0 Å². The van der Waals surface area contributed by atoms with Gasteiger partial charge in [-0.25, -0.2) is 4.68 Å². The van der Waals surface area contributed by atoms with Crippen molar-refractivity contribution in [3.05, 3.63) is 22.6 Å². The molecule has 0 aromatic carbocycles. The van der Waals surface area contributed by atoms with Gasteiger partial charge in [0.2, 0.25) is 0 Å². The van der Waals surface area contributed by atoms with Crippen molar-refractivity contribution in [3.8, 4) is 0 Å². The topological polar surface area (TPSA) is 50.2 Å². The van der Waals surface area contributed by atoms with Crippen molar-refractivity contribution in [3.63, 3.8) is 0 Å². The normalized spacial score (nSPS) is 17.1. The van der Waals surface area contributed by atoms with E-state index in [-0.39, 0.29) is 5.56 Å². The van der Waals surface area contributed by atoms with Gasteiger partial charge < -0.3 is 10.2 Å².